The topological polar surface area (TPSA) is 79.5 Å². The fraction of sp³-hybridized carbons (Fsp3) is 0.118. The van der Waals surface area contributed by atoms with Gasteiger partial charge in [-0.1, -0.05) is 23.7 Å². The van der Waals surface area contributed by atoms with Crippen molar-refractivity contribution in [3.8, 4) is 5.75 Å². The number of benzene rings is 2. The van der Waals surface area contributed by atoms with Crippen LogP contribution in [0.25, 0.3) is 0 Å². The zero-order valence-corrected chi connectivity index (χ0v) is 16.8. The molecule has 3 N–H and O–H groups in total. The molecule has 0 atom stereocenters. The molecule has 6 nitrogen and oxygen atoms in total. The molecule has 2 rings (SSSR count). The molecule has 0 bridgehead atoms. The van der Waals surface area contributed by atoms with Crippen LogP contribution < -0.4 is 20.9 Å². The van der Waals surface area contributed by atoms with Crippen molar-refractivity contribution in [1.82, 2.24) is 16.2 Å². The molecule has 2 aromatic rings. The third-order valence-corrected chi connectivity index (χ3v) is 4.48. The maximum Gasteiger partial charge on any atom is 0.276 e. The maximum absolute atomic E-state index is 12.1. The molecule has 9 heteroatoms. The summed E-state index contributed by atoms with van der Waals surface area (Å²) in [7, 11) is 0. The summed E-state index contributed by atoms with van der Waals surface area (Å²) in [6, 6.07) is 12.0. The van der Waals surface area contributed by atoms with E-state index in [0.29, 0.717) is 20.8 Å². The van der Waals surface area contributed by atoms with Crippen molar-refractivity contribution < 1.29 is 14.3 Å². The van der Waals surface area contributed by atoms with Gasteiger partial charge in [-0.15, -0.1) is 0 Å². The summed E-state index contributed by atoms with van der Waals surface area (Å²) in [5, 5.41) is 3.04. The molecule has 136 valence electrons. The summed E-state index contributed by atoms with van der Waals surface area (Å²) in [5.41, 5.74) is 6.05. The first-order valence-corrected chi connectivity index (χ1v) is 8.98. The van der Waals surface area contributed by atoms with E-state index in [2.05, 4.69) is 32.1 Å². The van der Waals surface area contributed by atoms with Crippen molar-refractivity contribution in [2.45, 2.75) is 6.92 Å². The number of amides is 2. The summed E-state index contributed by atoms with van der Waals surface area (Å²) < 4.78 is 5.99. The third-order valence-electron chi connectivity index (χ3n) is 3.16. The van der Waals surface area contributed by atoms with Crippen LogP contribution in [0.4, 0.5) is 0 Å². The molecule has 0 saturated carbocycles. The van der Waals surface area contributed by atoms with Gasteiger partial charge in [0.15, 0.2) is 11.7 Å². The van der Waals surface area contributed by atoms with Crippen molar-refractivity contribution in [2.24, 2.45) is 0 Å². The average molecular weight is 457 g/mol. The summed E-state index contributed by atoms with van der Waals surface area (Å²) in [5.74, 6) is -0.348. The molecule has 26 heavy (non-hydrogen) atoms. The number of carbonyl (C=O) groups is 2. The standard InChI is InChI=1S/C17H15BrClN3O3S/c1-10-8-11(6-7-14(10)19)25-9-15(23)21-22-17(26)20-16(24)12-4-2-3-5-13(12)18/h2-8H,9H2,1H3,(H,21,23)(H2,20,22,24,26). The molecule has 0 aromatic heterocycles. The largest absolute Gasteiger partial charge is 0.484 e. The third kappa shape index (κ3) is 5.98. The van der Waals surface area contributed by atoms with E-state index in [9.17, 15) is 9.59 Å². The minimum atomic E-state index is -0.463. The number of rotatable bonds is 4. The molecule has 0 heterocycles. The fourth-order valence-electron chi connectivity index (χ4n) is 1.87. The first-order valence-electron chi connectivity index (χ1n) is 7.40. The normalized spacial score (nSPS) is 9.96. The van der Waals surface area contributed by atoms with Crippen LogP contribution in [-0.4, -0.2) is 23.5 Å². The second-order valence-electron chi connectivity index (χ2n) is 5.14. The Balaban J connectivity index is 1.76. The van der Waals surface area contributed by atoms with Gasteiger partial charge in [0.1, 0.15) is 5.75 Å². The van der Waals surface area contributed by atoms with Crippen LogP contribution in [-0.2, 0) is 4.79 Å². The van der Waals surface area contributed by atoms with E-state index >= 15 is 0 Å². The first-order chi connectivity index (χ1) is 12.4. The van der Waals surface area contributed by atoms with Gasteiger partial charge in [-0.05, 0) is 71.0 Å². The van der Waals surface area contributed by atoms with Crippen LogP contribution in [0.2, 0.25) is 5.02 Å². The number of thiocarbonyl (C=S) groups is 1. The molecule has 0 fully saturated rings. The molecular weight excluding hydrogens is 442 g/mol. The van der Waals surface area contributed by atoms with Crippen molar-refractivity contribution in [1.29, 1.82) is 0 Å². The Kier molecular flexibility index (Phi) is 7.38. The zero-order chi connectivity index (χ0) is 19.1. The van der Waals surface area contributed by atoms with Crippen molar-refractivity contribution in [3.05, 3.63) is 63.1 Å². The monoisotopic (exact) mass is 455 g/mol. The molecular formula is C17H15BrClN3O3S. The highest BCUT2D eigenvalue weighted by Crippen LogP contribution is 2.20. The average Bonchev–Trinajstić information content (AvgIpc) is 2.61. The lowest BCUT2D eigenvalue weighted by Crippen LogP contribution is -2.49. The zero-order valence-electron chi connectivity index (χ0n) is 13.6. The molecule has 0 saturated heterocycles. The SMILES string of the molecule is Cc1cc(OCC(=O)NNC(=S)NC(=O)c2ccccc2Br)ccc1Cl. The highest BCUT2D eigenvalue weighted by Gasteiger charge is 2.11. The Morgan fingerprint density at radius 2 is 1.92 bits per heavy atom. The number of aryl methyl sites for hydroxylation is 1. The summed E-state index contributed by atoms with van der Waals surface area (Å²) >= 11 is 14.2. The van der Waals surface area contributed by atoms with Gasteiger partial charge in [0.05, 0.1) is 5.56 Å². The predicted octanol–water partition coefficient (Wildman–Crippen LogP) is 3.13. The molecule has 0 aliphatic heterocycles. The van der Waals surface area contributed by atoms with Crippen LogP contribution >= 0.6 is 39.7 Å². The Bertz CT molecular complexity index is 848. The quantitative estimate of drug-likeness (QED) is 0.487. The lowest BCUT2D eigenvalue weighted by molar-refractivity contribution is -0.123. The predicted molar refractivity (Wildman–Crippen MR) is 107 cm³/mol. The highest BCUT2D eigenvalue weighted by molar-refractivity contribution is 9.10. The smallest absolute Gasteiger partial charge is 0.276 e. The Morgan fingerprint density at radius 1 is 1.19 bits per heavy atom. The molecule has 2 aromatic carbocycles. The van der Waals surface area contributed by atoms with E-state index in [0.717, 1.165) is 5.56 Å². The lowest BCUT2D eigenvalue weighted by atomic mass is 10.2. The number of nitrogens with one attached hydrogen (secondary N) is 3. The number of carbonyl (C=O) groups excluding carboxylic acids is 2. The van der Waals surface area contributed by atoms with Gasteiger partial charge in [-0.2, -0.15) is 0 Å². The van der Waals surface area contributed by atoms with Gasteiger partial charge < -0.3 is 4.74 Å². The van der Waals surface area contributed by atoms with Gasteiger partial charge >= 0.3 is 0 Å². The van der Waals surface area contributed by atoms with E-state index in [1.54, 1.807) is 42.5 Å². The van der Waals surface area contributed by atoms with E-state index in [1.807, 2.05) is 6.92 Å². The number of halogens is 2. The summed E-state index contributed by atoms with van der Waals surface area (Å²) in [6.07, 6.45) is 0. The van der Waals surface area contributed by atoms with Crippen LogP contribution in [0.5, 0.6) is 5.75 Å². The summed E-state index contributed by atoms with van der Waals surface area (Å²) in [4.78, 5) is 23.9. The highest BCUT2D eigenvalue weighted by atomic mass is 79.9. The number of hydrazine groups is 1. The van der Waals surface area contributed by atoms with Gasteiger partial charge in [0.25, 0.3) is 11.8 Å². The van der Waals surface area contributed by atoms with E-state index < -0.39 is 11.8 Å². The van der Waals surface area contributed by atoms with E-state index in [1.165, 1.54) is 0 Å². The number of hydrogen-bond donors (Lipinski definition) is 3. The maximum atomic E-state index is 12.1. The summed E-state index contributed by atoms with van der Waals surface area (Å²) in [6.45, 7) is 1.61. The molecule has 0 unspecified atom stereocenters. The Morgan fingerprint density at radius 3 is 2.62 bits per heavy atom. The van der Waals surface area contributed by atoms with Crippen molar-refractivity contribution >= 4 is 56.7 Å². The first kappa shape index (κ1) is 20.2. The van der Waals surface area contributed by atoms with Crippen molar-refractivity contribution in [3.63, 3.8) is 0 Å². The Hall–Kier alpha value is -2.16. The number of hydrogen-bond acceptors (Lipinski definition) is 4. The Labute approximate surface area is 169 Å². The van der Waals surface area contributed by atoms with E-state index in [-0.39, 0.29) is 11.7 Å². The molecule has 0 radical (unpaired) electrons. The van der Waals surface area contributed by atoms with Gasteiger partial charge in [-0.25, -0.2) is 0 Å². The van der Waals surface area contributed by atoms with E-state index in [4.69, 9.17) is 28.6 Å². The van der Waals surface area contributed by atoms with Gasteiger partial charge in [0.2, 0.25) is 0 Å². The van der Waals surface area contributed by atoms with Crippen LogP contribution in [0, 0.1) is 6.92 Å². The van der Waals surface area contributed by atoms with Gasteiger partial charge in [-0.3, -0.25) is 25.8 Å². The molecule has 0 aliphatic rings. The fourth-order valence-corrected chi connectivity index (χ4v) is 2.59. The minimum absolute atomic E-state index is 0.0403. The number of ether oxygens (including phenoxy) is 1. The minimum Gasteiger partial charge on any atom is -0.484 e. The van der Waals surface area contributed by atoms with Crippen LogP contribution in [0.15, 0.2) is 46.9 Å². The van der Waals surface area contributed by atoms with Crippen LogP contribution in [0.1, 0.15) is 15.9 Å². The van der Waals surface area contributed by atoms with Crippen LogP contribution in [0.3, 0.4) is 0 Å². The second kappa shape index (κ2) is 9.51. The second-order valence-corrected chi connectivity index (χ2v) is 6.81. The lowest BCUT2D eigenvalue weighted by Gasteiger charge is -2.12. The molecule has 2 amide bonds. The van der Waals surface area contributed by atoms with Gasteiger partial charge in [0, 0.05) is 9.50 Å². The van der Waals surface area contributed by atoms with Crippen molar-refractivity contribution in [2.75, 3.05) is 6.61 Å². The molecule has 0 spiro atoms. The molecule has 0 aliphatic carbocycles.